The van der Waals surface area contributed by atoms with E-state index in [2.05, 4.69) is 51.3 Å². The van der Waals surface area contributed by atoms with Crippen molar-refractivity contribution in [1.82, 2.24) is 9.80 Å². The van der Waals surface area contributed by atoms with Gasteiger partial charge >= 0.3 is 24.2 Å². The highest BCUT2D eigenvalue weighted by atomic mass is 16.7. The average Bonchev–Trinajstić information content (AvgIpc) is 3.24. The lowest BCUT2D eigenvalue weighted by atomic mass is 9.96. The molecule has 2 unspecified atom stereocenters. The molecule has 366 valence electrons. The minimum Gasteiger partial charge on any atom is -0.465 e. The third-order valence-corrected chi connectivity index (χ3v) is 11.8. The first-order valence-electron chi connectivity index (χ1n) is 25.5. The fraction of sp³-hybridized carbons (Fsp3) is 0.920. The van der Waals surface area contributed by atoms with Gasteiger partial charge in [-0.3, -0.25) is 14.5 Å². The second kappa shape index (κ2) is 42.4. The molecular formula is C50H96N2O10. The molecule has 0 aliphatic rings. The second-order valence-corrected chi connectivity index (χ2v) is 17.4. The molecule has 2 atom stereocenters. The lowest BCUT2D eigenvalue weighted by molar-refractivity contribution is -0.146. The molecule has 0 N–H and O–H groups in total. The van der Waals surface area contributed by atoms with Crippen LogP contribution >= 0.6 is 0 Å². The van der Waals surface area contributed by atoms with Crippen LogP contribution in [0.3, 0.4) is 0 Å². The van der Waals surface area contributed by atoms with Gasteiger partial charge in [0, 0.05) is 39.0 Å². The summed E-state index contributed by atoms with van der Waals surface area (Å²) >= 11 is 0. The highest BCUT2D eigenvalue weighted by Gasteiger charge is 2.19. The van der Waals surface area contributed by atoms with Crippen molar-refractivity contribution in [2.75, 3.05) is 65.7 Å². The molecule has 0 heterocycles. The van der Waals surface area contributed by atoms with Crippen LogP contribution in [0.2, 0.25) is 0 Å². The molecule has 0 saturated carbocycles. The molecule has 0 rings (SSSR count). The number of ether oxygens (including phenoxy) is 6. The summed E-state index contributed by atoms with van der Waals surface area (Å²) in [6.45, 7) is 22.4. The molecule has 12 nitrogen and oxygen atoms in total. The molecular weight excluding hydrogens is 789 g/mol. The summed E-state index contributed by atoms with van der Waals surface area (Å²) < 4.78 is 33.4. The predicted molar refractivity (Wildman–Crippen MR) is 250 cm³/mol. The van der Waals surface area contributed by atoms with Gasteiger partial charge in [-0.2, -0.15) is 0 Å². The largest absolute Gasteiger partial charge is 0.508 e. The van der Waals surface area contributed by atoms with Gasteiger partial charge in [0.15, 0.2) is 0 Å². The molecule has 0 spiro atoms. The van der Waals surface area contributed by atoms with E-state index in [9.17, 15) is 19.2 Å². The monoisotopic (exact) mass is 885 g/mol. The number of hydrogen-bond acceptors (Lipinski definition) is 12. The summed E-state index contributed by atoms with van der Waals surface area (Å²) in [5.74, 6) is 0.484. The number of likely N-dealkylation sites (N-methyl/N-ethyl adjacent to an activating group) is 1. The fourth-order valence-electron chi connectivity index (χ4n) is 7.61. The zero-order valence-electron chi connectivity index (χ0n) is 41.3. The van der Waals surface area contributed by atoms with Crippen molar-refractivity contribution in [3.8, 4) is 0 Å². The normalized spacial score (nSPS) is 12.5. The number of unbranched alkanes of at least 4 members (excludes halogenated alkanes) is 8. The molecule has 0 amide bonds. The van der Waals surface area contributed by atoms with Crippen molar-refractivity contribution in [2.45, 2.75) is 222 Å². The number of carbonyl (C=O) groups excluding carboxylic acids is 4. The Morgan fingerprint density at radius 2 is 0.839 bits per heavy atom. The van der Waals surface area contributed by atoms with Crippen molar-refractivity contribution in [3.63, 3.8) is 0 Å². The topological polar surface area (TPSA) is 130 Å². The minimum absolute atomic E-state index is 0.123. The molecule has 0 bridgehead atoms. The summed E-state index contributed by atoms with van der Waals surface area (Å²) in [6.07, 6.45) is 20.9. The van der Waals surface area contributed by atoms with E-state index >= 15 is 0 Å². The lowest BCUT2D eigenvalue weighted by Gasteiger charge is -2.26. The van der Waals surface area contributed by atoms with Crippen molar-refractivity contribution >= 4 is 24.2 Å². The summed E-state index contributed by atoms with van der Waals surface area (Å²) in [7, 11) is 0. The highest BCUT2D eigenvalue weighted by molar-refractivity contribution is 5.69. The van der Waals surface area contributed by atoms with Crippen molar-refractivity contribution < 1.29 is 47.6 Å². The maximum Gasteiger partial charge on any atom is 0.508 e. The summed E-state index contributed by atoms with van der Waals surface area (Å²) in [5, 5.41) is 0. The second-order valence-electron chi connectivity index (χ2n) is 17.4. The number of carbonyl (C=O) groups is 4. The first-order chi connectivity index (χ1) is 30.0. The van der Waals surface area contributed by atoms with Crippen LogP contribution in [0, 0.1) is 11.8 Å². The van der Waals surface area contributed by atoms with Crippen LogP contribution in [0.1, 0.15) is 209 Å². The molecule has 0 aromatic rings. The van der Waals surface area contributed by atoms with Crippen LogP contribution in [-0.4, -0.2) is 112 Å². The van der Waals surface area contributed by atoms with Gasteiger partial charge in [0.1, 0.15) is 25.4 Å². The maximum atomic E-state index is 12.8. The zero-order chi connectivity index (χ0) is 46.1. The van der Waals surface area contributed by atoms with Gasteiger partial charge in [-0.25, -0.2) is 9.59 Å². The Morgan fingerprint density at radius 1 is 0.419 bits per heavy atom. The van der Waals surface area contributed by atoms with E-state index in [-0.39, 0.29) is 31.3 Å². The Kier molecular flexibility index (Phi) is 40.6. The standard InChI is InChI=1S/C50H96N2O10/c1-9-16-20-28-44(29-21-17-10-2)41-59-47(53)33-24-27-43(8)61-49(55)57-39-37-52(36-35-51(14-6)15-7)38-40-58-50(56)62-46(26-13-5)32-25-34-48(54)60-42-45(30-22-18-11-3)31-23-19-12-4/h43-46H,9-42H2,1-8H3. The molecule has 0 saturated heterocycles. The third-order valence-electron chi connectivity index (χ3n) is 11.8. The fourth-order valence-corrected chi connectivity index (χ4v) is 7.61. The van der Waals surface area contributed by atoms with Gasteiger partial charge in [0.2, 0.25) is 0 Å². The molecule has 12 heteroatoms. The van der Waals surface area contributed by atoms with Crippen LogP contribution in [0.5, 0.6) is 0 Å². The Bertz CT molecular complexity index is 1050. The van der Waals surface area contributed by atoms with Gasteiger partial charge in [-0.15, -0.1) is 0 Å². The Morgan fingerprint density at radius 3 is 1.26 bits per heavy atom. The van der Waals surface area contributed by atoms with Gasteiger partial charge < -0.3 is 33.3 Å². The number of esters is 2. The molecule has 0 aromatic carbocycles. The van der Waals surface area contributed by atoms with E-state index in [4.69, 9.17) is 28.4 Å². The first-order valence-corrected chi connectivity index (χ1v) is 25.5. The smallest absolute Gasteiger partial charge is 0.465 e. The summed E-state index contributed by atoms with van der Waals surface area (Å²) in [4.78, 5) is 54.8. The quantitative estimate of drug-likeness (QED) is 0.0328. The minimum atomic E-state index is -0.741. The van der Waals surface area contributed by atoms with Crippen LogP contribution in [0.25, 0.3) is 0 Å². The third kappa shape index (κ3) is 35.8. The summed E-state index contributed by atoms with van der Waals surface area (Å²) in [5.41, 5.74) is 0. The molecule has 0 fully saturated rings. The molecule has 0 aromatic heterocycles. The predicted octanol–water partition coefficient (Wildman–Crippen LogP) is 12.5. The molecule has 62 heavy (non-hydrogen) atoms. The van der Waals surface area contributed by atoms with Crippen LogP contribution in [0.15, 0.2) is 0 Å². The SMILES string of the molecule is CCCCCC(CCCCC)COC(=O)CCCC(C)OC(=O)OCCN(CCOC(=O)OC(CCC)CCCC(=O)OCC(CCCCC)CCCCC)CCN(CC)CC. The summed E-state index contributed by atoms with van der Waals surface area (Å²) in [6, 6.07) is 0. The van der Waals surface area contributed by atoms with E-state index in [1.165, 1.54) is 77.0 Å². The van der Waals surface area contributed by atoms with Crippen LogP contribution in [0.4, 0.5) is 9.59 Å². The van der Waals surface area contributed by atoms with E-state index < -0.39 is 18.4 Å². The zero-order valence-corrected chi connectivity index (χ0v) is 41.3. The van der Waals surface area contributed by atoms with Crippen LogP contribution in [-0.2, 0) is 38.0 Å². The average molecular weight is 885 g/mol. The molecule has 0 aliphatic heterocycles. The van der Waals surface area contributed by atoms with E-state index in [1.54, 1.807) is 6.92 Å². The Labute approximate surface area is 379 Å². The van der Waals surface area contributed by atoms with Crippen LogP contribution < -0.4 is 0 Å². The van der Waals surface area contributed by atoms with Crippen molar-refractivity contribution in [3.05, 3.63) is 0 Å². The Balaban J connectivity index is 4.74. The van der Waals surface area contributed by atoms with E-state index in [1.807, 2.05) is 6.92 Å². The highest BCUT2D eigenvalue weighted by Crippen LogP contribution is 2.21. The Hall–Kier alpha value is -2.60. The maximum absolute atomic E-state index is 12.8. The van der Waals surface area contributed by atoms with Gasteiger partial charge in [-0.05, 0) is 89.6 Å². The number of hydrogen-bond donors (Lipinski definition) is 0. The van der Waals surface area contributed by atoms with Crippen molar-refractivity contribution in [1.29, 1.82) is 0 Å². The number of rotatable bonds is 43. The lowest BCUT2D eigenvalue weighted by Crippen LogP contribution is -2.39. The molecule has 0 aliphatic carbocycles. The van der Waals surface area contributed by atoms with E-state index in [0.29, 0.717) is 89.6 Å². The van der Waals surface area contributed by atoms with Gasteiger partial charge in [-0.1, -0.05) is 132 Å². The van der Waals surface area contributed by atoms with Crippen molar-refractivity contribution in [2.24, 2.45) is 11.8 Å². The first kappa shape index (κ1) is 59.4. The van der Waals surface area contributed by atoms with E-state index in [0.717, 1.165) is 51.7 Å². The molecule has 0 radical (unpaired) electrons. The van der Waals surface area contributed by atoms with Gasteiger partial charge in [0.25, 0.3) is 0 Å². The van der Waals surface area contributed by atoms with Gasteiger partial charge in [0.05, 0.1) is 13.2 Å². The number of nitrogens with zero attached hydrogens (tertiary/aromatic N) is 2.